The fourth-order valence-electron chi connectivity index (χ4n) is 3.00. The van der Waals surface area contributed by atoms with Crippen LogP contribution in [-0.2, 0) is 9.59 Å². The first kappa shape index (κ1) is 18.2. The van der Waals surface area contributed by atoms with Gasteiger partial charge in [0.1, 0.15) is 5.75 Å². The van der Waals surface area contributed by atoms with Gasteiger partial charge in [-0.25, -0.2) is 0 Å². The highest BCUT2D eigenvalue weighted by Gasteiger charge is 2.29. The minimum Gasteiger partial charge on any atom is -0.497 e. The van der Waals surface area contributed by atoms with Crippen molar-refractivity contribution >= 4 is 23.5 Å². The first-order valence-electron chi connectivity index (χ1n) is 8.78. The highest BCUT2D eigenvalue weighted by molar-refractivity contribution is 6.02. The Morgan fingerprint density at radius 3 is 2.58 bits per heavy atom. The molecule has 26 heavy (non-hydrogen) atoms. The van der Waals surface area contributed by atoms with Gasteiger partial charge in [-0.15, -0.1) is 0 Å². The molecule has 1 fully saturated rings. The van der Waals surface area contributed by atoms with E-state index in [1.54, 1.807) is 31.4 Å². The topological polar surface area (TPSA) is 86.3 Å². The number of nitrogens with zero attached hydrogens (tertiary/aromatic N) is 3. The van der Waals surface area contributed by atoms with Crippen molar-refractivity contribution in [2.24, 2.45) is 10.9 Å². The van der Waals surface area contributed by atoms with Gasteiger partial charge in [-0.3, -0.25) is 19.9 Å². The second kappa shape index (κ2) is 8.18. The van der Waals surface area contributed by atoms with Crippen molar-refractivity contribution in [3.05, 3.63) is 24.3 Å². The molecule has 140 valence electrons. The Bertz CT molecular complexity index is 681. The van der Waals surface area contributed by atoms with Crippen molar-refractivity contribution in [1.29, 1.82) is 0 Å². The van der Waals surface area contributed by atoms with Gasteiger partial charge in [-0.2, -0.15) is 0 Å². The van der Waals surface area contributed by atoms with E-state index in [0.717, 1.165) is 31.9 Å². The molecule has 8 nitrogen and oxygen atoms in total. The minimum atomic E-state index is -0.440. The fraction of sp³-hybridized carbons (Fsp3) is 0.500. The van der Waals surface area contributed by atoms with E-state index in [1.165, 1.54) is 0 Å². The van der Waals surface area contributed by atoms with Gasteiger partial charge < -0.3 is 19.9 Å². The molecule has 0 radical (unpaired) electrons. The van der Waals surface area contributed by atoms with Gasteiger partial charge >= 0.3 is 0 Å². The van der Waals surface area contributed by atoms with E-state index in [-0.39, 0.29) is 18.2 Å². The molecule has 2 aliphatic heterocycles. The summed E-state index contributed by atoms with van der Waals surface area (Å²) in [6.45, 7) is 3.92. The Labute approximate surface area is 153 Å². The molecule has 0 bridgehead atoms. The van der Waals surface area contributed by atoms with Crippen LogP contribution in [0.5, 0.6) is 5.75 Å². The maximum absolute atomic E-state index is 12.4. The number of carbonyl (C=O) groups excluding carboxylic acids is 2. The number of anilines is 1. The van der Waals surface area contributed by atoms with Crippen molar-refractivity contribution < 1.29 is 14.3 Å². The van der Waals surface area contributed by atoms with Gasteiger partial charge in [0.25, 0.3) is 0 Å². The smallest absolute Gasteiger partial charge is 0.232 e. The molecule has 3 rings (SSSR count). The fourth-order valence-corrected chi connectivity index (χ4v) is 3.00. The number of benzene rings is 1. The second-order valence-electron chi connectivity index (χ2n) is 6.62. The van der Waals surface area contributed by atoms with Gasteiger partial charge in [0, 0.05) is 38.3 Å². The third-order valence-electron chi connectivity index (χ3n) is 4.68. The Balaban J connectivity index is 1.52. The van der Waals surface area contributed by atoms with Crippen molar-refractivity contribution in [2.45, 2.75) is 6.42 Å². The summed E-state index contributed by atoms with van der Waals surface area (Å²) in [7, 11) is 3.67. The molecule has 1 saturated heterocycles. The number of hydrogen-bond acceptors (Lipinski definition) is 6. The number of rotatable bonds is 4. The molecule has 0 spiro atoms. The standard InChI is InChI=1S/C18H25N5O3/c1-22-7-9-23(10-8-22)18-19-12-13(17(25)21-18)11-16(24)20-14-3-5-15(26-2)6-4-14/h3-6,13H,7-12H2,1-2H3,(H,20,24)(H,19,21,25). The average molecular weight is 359 g/mol. The first-order chi connectivity index (χ1) is 12.5. The summed E-state index contributed by atoms with van der Waals surface area (Å²) in [4.78, 5) is 33.4. The zero-order valence-electron chi connectivity index (χ0n) is 15.2. The van der Waals surface area contributed by atoms with Crippen LogP contribution in [0.3, 0.4) is 0 Å². The minimum absolute atomic E-state index is 0.109. The van der Waals surface area contributed by atoms with Gasteiger partial charge in [-0.05, 0) is 31.3 Å². The Hall–Kier alpha value is -2.61. The van der Waals surface area contributed by atoms with Crippen LogP contribution in [0.25, 0.3) is 0 Å². The number of methoxy groups -OCH3 is 1. The molecule has 1 aromatic carbocycles. The van der Waals surface area contributed by atoms with E-state index in [4.69, 9.17) is 4.74 Å². The lowest BCUT2D eigenvalue weighted by molar-refractivity contribution is -0.127. The van der Waals surface area contributed by atoms with Crippen molar-refractivity contribution in [3.63, 3.8) is 0 Å². The molecule has 2 heterocycles. The summed E-state index contributed by atoms with van der Waals surface area (Å²) < 4.78 is 5.09. The van der Waals surface area contributed by atoms with E-state index in [9.17, 15) is 9.59 Å². The molecule has 2 amide bonds. The Morgan fingerprint density at radius 1 is 1.27 bits per heavy atom. The summed E-state index contributed by atoms with van der Waals surface area (Å²) in [6.07, 6.45) is 0.109. The number of amides is 2. The lowest BCUT2D eigenvalue weighted by Gasteiger charge is -2.36. The summed E-state index contributed by atoms with van der Waals surface area (Å²) in [6, 6.07) is 7.08. The lowest BCUT2D eigenvalue weighted by atomic mass is 10.0. The van der Waals surface area contributed by atoms with E-state index in [1.807, 2.05) is 0 Å². The molecule has 2 aliphatic rings. The maximum Gasteiger partial charge on any atom is 0.232 e. The number of hydrogen-bond donors (Lipinski definition) is 2. The van der Waals surface area contributed by atoms with Crippen LogP contribution in [0.1, 0.15) is 6.42 Å². The third-order valence-corrected chi connectivity index (χ3v) is 4.68. The van der Waals surface area contributed by atoms with Gasteiger partial charge in [0.15, 0.2) is 0 Å². The largest absolute Gasteiger partial charge is 0.497 e. The molecule has 8 heteroatoms. The van der Waals surface area contributed by atoms with Crippen LogP contribution in [0.4, 0.5) is 5.69 Å². The van der Waals surface area contributed by atoms with E-state index in [2.05, 4.69) is 32.5 Å². The van der Waals surface area contributed by atoms with Gasteiger partial charge in [0.05, 0.1) is 19.6 Å². The highest BCUT2D eigenvalue weighted by atomic mass is 16.5. The number of carbonyl (C=O) groups is 2. The van der Waals surface area contributed by atoms with E-state index >= 15 is 0 Å². The van der Waals surface area contributed by atoms with Crippen LogP contribution in [0.2, 0.25) is 0 Å². The Kier molecular flexibility index (Phi) is 5.72. The summed E-state index contributed by atoms with van der Waals surface area (Å²) in [5.41, 5.74) is 0.675. The van der Waals surface area contributed by atoms with Gasteiger partial charge in [0.2, 0.25) is 17.8 Å². The van der Waals surface area contributed by atoms with Gasteiger partial charge in [-0.1, -0.05) is 0 Å². The molecule has 1 atom stereocenters. The number of piperazine rings is 1. The van der Waals surface area contributed by atoms with Crippen molar-refractivity contribution in [3.8, 4) is 5.75 Å². The molecule has 0 aliphatic carbocycles. The normalized spacial score (nSPS) is 21.0. The summed E-state index contributed by atoms with van der Waals surface area (Å²) in [5, 5.41) is 5.66. The number of likely N-dealkylation sites (N-methyl/N-ethyl adjacent to an activating group) is 1. The second-order valence-corrected chi connectivity index (χ2v) is 6.62. The number of ether oxygens (including phenoxy) is 1. The van der Waals surface area contributed by atoms with E-state index in [0.29, 0.717) is 18.2 Å². The molecular weight excluding hydrogens is 334 g/mol. The summed E-state index contributed by atoms with van der Waals surface area (Å²) in [5.74, 6) is 0.576. The predicted molar refractivity (Wildman–Crippen MR) is 99.2 cm³/mol. The lowest BCUT2D eigenvalue weighted by Crippen LogP contribution is -2.55. The average Bonchev–Trinajstić information content (AvgIpc) is 2.64. The quantitative estimate of drug-likeness (QED) is 0.811. The third kappa shape index (κ3) is 4.51. The van der Waals surface area contributed by atoms with Crippen molar-refractivity contribution in [1.82, 2.24) is 15.1 Å². The van der Waals surface area contributed by atoms with Crippen LogP contribution in [-0.4, -0.2) is 74.5 Å². The first-order valence-corrected chi connectivity index (χ1v) is 8.78. The number of aliphatic imine (C=N–C) groups is 1. The van der Waals surface area contributed by atoms with Crippen LogP contribution < -0.4 is 15.4 Å². The molecular formula is C18H25N5O3. The van der Waals surface area contributed by atoms with E-state index < -0.39 is 5.92 Å². The zero-order valence-corrected chi connectivity index (χ0v) is 15.2. The van der Waals surface area contributed by atoms with Crippen molar-refractivity contribution in [2.75, 3.05) is 52.2 Å². The molecule has 1 aromatic rings. The number of guanidine groups is 1. The maximum atomic E-state index is 12.4. The monoisotopic (exact) mass is 359 g/mol. The highest BCUT2D eigenvalue weighted by Crippen LogP contribution is 2.17. The zero-order chi connectivity index (χ0) is 18.5. The molecule has 0 saturated carbocycles. The van der Waals surface area contributed by atoms with Crippen LogP contribution in [0.15, 0.2) is 29.3 Å². The SMILES string of the molecule is COc1ccc(NC(=O)CC2CN=C(N3CCN(C)CC3)NC2=O)cc1. The molecule has 2 N–H and O–H groups in total. The Morgan fingerprint density at radius 2 is 1.96 bits per heavy atom. The number of nitrogens with one attached hydrogen (secondary N) is 2. The van der Waals surface area contributed by atoms with Crippen LogP contribution in [0, 0.1) is 5.92 Å². The predicted octanol–water partition coefficient (Wildman–Crippen LogP) is 0.373. The molecule has 0 aromatic heterocycles. The van der Waals surface area contributed by atoms with Crippen LogP contribution >= 0.6 is 0 Å². The molecule has 1 unspecified atom stereocenters. The summed E-state index contributed by atoms with van der Waals surface area (Å²) >= 11 is 0.